The van der Waals surface area contributed by atoms with E-state index in [1.54, 1.807) is 0 Å². The first-order valence-corrected chi connectivity index (χ1v) is 7.18. The van der Waals surface area contributed by atoms with Gasteiger partial charge in [-0.1, -0.05) is 6.92 Å². The Morgan fingerprint density at radius 1 is 1.16 bits per heavy atom. The minimum absolute atomic E-state index is 0.717. The van der Waals surface area contributed by atoms with Crippen LogP contribution in [0.3, 0.4) is 0 Å². The number of nitriles is 1. The predicted octanol–water partition coefficient (Wildman–Crippen LogP) is 4.19. The molecule has 0 amide bonds. The van der Waals surface area contributed by atoms with Gasteiger partial charge < -0.3 is 4.57 Å². The lowest BCUT2D eigenvalue weighted by atomic mass is 10.2. The van der Waals surface area contributed by atoms with Crippen LogP contribution in [0.2, 0.25) is 0 Å². The predicted molar refractivity (Wildman–Crippen MR) is 79.5 cm³/mol. The second-order valence-corrected chi connectivity index (χ2v) is 5.80. The zero-order valence-electron chi connectivity index (χ0n) is 10.8. The maximum Gasteiger partial charge on any atom is 0.0991 e. The third-order valence-corrected chi connectivity index (χ3v) is 4.51. The van der Waals surface area contributed by atoms with Gasteiger partial charge in [-0.05, 0) is 42.8 Å². The molecule has 0 aliphatic heterocycles. The Bertz CT molecular complexity index is 758. The average Bonchev–Trinajstić information content (AvgIpc) is 3.06. The van der Waals surface area contributed by atoms with Crippen LogP contribution in [0.4, 0.5) is 0 Å². The maximum atomic E-state index is 8.91. The van der Waals surface area contributed by atoms with Gasteiger partial charge in [0.15, 0.2) is 0 Å². The van der Waals surface area contributed by atoms with Crippen molar-refractivity contribution in [2.75, 3.05) is 0 Å². The molecule has 0 aliphatic carbocycles. The van der Waals surface area contributed by atoms with Gasteiger partial charge in [0.2, 0.25) is 0 Å². The highest BCUT2D eigenvalue weighted by Crippen LogP contribution is 2.22. The molecular weight excluding hydrogens is 252 g/mol. The molecule has 1 aromatic carbocycles. The zero-order valence-corrected chi connectivity index (χ0v) is 11.6. The Balaban J connectivity index is 1.95. The Morgan fingerprint density at radius 3 is 2.74 bits per heavy atom. The summed E-state index contributed by atoms with van der Waals surface area (Å²) < 4.78 is 2.24. The fourth-order valence-corrected chi connectivity index (χ4v) is 3.23. The lowest BCUT2D eigenvalue weighted by Gasteiger charge is -2.03. The van der Waals surface area contributed by atoms with Crippen LogP contribution in [-0.2, 0) is 13.0 Å². The van der Waals surface area contributed by atoms with Gasteiger partial charge in [-0.3, -0.25) is 0 Å². The largest absolute Gasteiger partial charge is 0.342 e. The number of fused-ring (bicyclic) bond motifs is 1. The second-order valence-electron chi connectivity index (χ2n) is 4.55. The molecule has 0 atom stereocenters. The number of aromatic nitrogens is 1. The molecule has 0 aliphatic rings. The van der Waals surface area contributed by atoms with Crippen molar-refractivity contribution in [2.24, 2.45) is 0 Å². The number of hydrogen-bond acceptors (Lipinski definition) is 2. The highest BCUT2D eigenvalue weighted by molar-refractivity contribution is 7.11. The van der Waals surface area contributed by atoms with E-state index in [2.05, 4.69) is 42.0 Å². The molecule has 19 heavy (non-hydrogen) atoms. The fourth-order valence-electron chi connectivity index (χ4n) is 2.27. The maximum absolute atomic E-state index is 8.91. The Labute approximate surface area is 116 Å². The van der Waals surface area contributed by atoms with E-state index < -0.39 is 0 Å². The first kappa shape index (κ1) is 12.0. The molecule has 0 N–H and O–H groups in total. The molecule has 94 valence electrons. The summed E-state index contributed by atoms with van der Waals surface area (Å²) in [4.78, 5) is 2.80. The molecule has 0 bridgehead atoms. The van der Waals surface area contributed by atoms with E-state index in [0.717, 1.165) is 23.9 Å². The summed E-state index contributed by atoms with van der Waals surface area (Å²) in [5.74, 6) is 0. The summed E-state index contributed by atoms with van der Waals surface area (Å²) in [5, 5.41) is 10.0. The summed E-state index contributed by atoms with van der Waals surface area (Å²) in [5.41, 5.74) is 1.90. The highest BCUT2D eigenvalue weighted by atomic mass is 32.1. The number of thiophene rings is 1. The van der Waals surface area contributed by atoms with Gasteiger partial charge in [0.25, 0.3) is 0 Å². The molecule has 2 nitrogen and oxygen atoms in total. The molecule has 3 aromatic rings. The smallest absolute Gasteiger partial charge is 0.0991 e. The zero-order chi connectivity index (χ0) is 13.2. The van der Waals surface area contributed by atoms with Crippen molar-refractivity contribution in [1.82, 2.24) is 4.57 Å². The normalized spacial score (nSPS) is 10.7. The molecule has 2 heterocycles. The molecule has 3 heteroatoms. The first-order chi connectivity index (χ1) is 9.30. The van der Waals surface area contributed by atoms with Crippen LogP contribution in [0.15, 0.2) is 42.6 Å². The summed E-state index contributed by atoms with van der Waals surface area (Å²) in [6, 6.07) is 14.5. The van der Waals surface area contributed by atoms with Gasteiger partial charge in [-0.15, -0.1) is 11.3 Å². The van der Waals surface area contributed by atoms with E-state index in [9.17, 15) is 0 Å². The van der Waals surface area contributed by atoms with Crippen molar-refractivity contribution in [1.29, 1.82) is 5.26 Å². The van der Waals surface area contributed by atoms with Crippen molar-refractivity contribution in [2.45, 2.75) is 19.9 Å². The number of rotatable bonds is 3. The molecule has 0 saturated carbocycles. The molecule has 0 unspecified atom stereocenters. The minimum atomic E-state index is 0.717. The van der Waals surface area contributed by atoms with Gasteiger partial charge in [0.05, 0.1) is 18.2 Å². The van der Waals surface area contributed by atoms with Crippen LogP contribution in [0.25, 0.3) is 10.9 Å². The lowest BCUT2D eigenvalue weighted by Crippen LogP contribution is -1.95. The van der Waals surface area contributed by atoms with Crippen molar-refractivity contribution in [3.63, 3.8) is 0 Å². The average molecular weight is 266 g/mol. The van der Waals surface area contributed by atoms with Gasteiger partial charge >= 0.3 is 0 Å². The number of aryl methyl sites for hydroxylation is 1. The van der Waals surface area contributed by atoms with Crippen molar-refractivity contribution < 1.29 is 0 Å². The summed E-state index contributed by atoms with van der Waals surface area (Å²) in [7, 11) is 0. The van der Waals surface area contributed by atoms with Crippen LogP contribution in [-0.4, -0.2) is 4.57 Å². The molecule has 3 rings (SSSR count). The van der Waals surface area contributed by atoms with E-state index in [1.807, 2.05) is 29.5 Å². The fraction of sp³-hybridized carbons (Fsp3) is 0.188. The molecule has 0 saturated heterocycles. The van der Waals surface area contributed by atoms with Gasteiger partial charge in [0.1, 0.15) is 0 Å². The quantitative estimate of drug-likeness (QED) is 0.699. The topological polar surface area (TPSA) is 28.7 Å². The van der Waals surface area contributed by atoms with Crippen LogP contribution < -0.4 is 0 Å². The third-order valence-electron chi connectivity index (χ3n) is 3.29. The Hall–Kier alpha value is -2.05. The lowest BCUT2D eigenvalue weighted by molar-refractivity contribution is 0.851. The van der Waals surface area contributed by atoms with E-state index in [1.165, 1.54) is 15.3 Å². The molecule has 2 aromatic heterocycles. The summed E-state index contributed by atoms with van der Waals surface area (Å²) in [6.45, 7) is 3.09. The molecular formula is C16H14N2S. The Kier molecular flexibility index (Phi) is 3.10. The molecule has 0 radical (unpaired) electrons. The van der Waals surface area contributed by atoms with Crippen LogP contribution >= 0.6 is 11.3 Å². The summed E-state index contributed by atoms with van der Waals surface area (Å²) >= 11 is 1.87. The Morgan fingerprint density at radius 2 is 2.00 bits per heavy atom. The van der Waals surface area contributed by atoms with E-state index in [4.69, 9.17) is 5.26 Å². The van der Waals surface area contributed by atoms with Crippen molar-refractivity contribution >= 4 is 22.2 Å². The third kappa shape index (κ3) is 2.27. The SMILES string of the molecule is CCc1ccc(Cn2ccc3cc(C#N)ccc32)s1. The number of benzene rings is 1. The minimum Gasteiger partial charge on any atom is -0.342 e. The van der Waals surface area contributed by atoms with Crippen LogP contribution in [0.1, 0.15) is 22.2 Å². The highest BCUT2D eigenvalue weighted by Gasteiger charge is 2.04. The number of hydrogen-bond donors (Lipinski definition) is 0. The molecule has 0 fully saturated rings. The van der Waals surface area contributed by atoms with Gasteiger partial charge in [0, 0.05) is 26.9 Å². The van der Waals surface area contributed by atoms with Crippen LogP contribution in [0.5, 0.6) is 0 Å². The first-order valence-electron chi connectivity index (χ1n) is 6.36. The van der Waals surface area contributed by atoms with Crippen LogP contribution in [0, 0.1) is 11.3 Å². The van der Waals surface area contributed by atoms with Gasteiger partial charge in [-0.25, -0.2) is 0 Å². The van der Waals surface area contributed by atoms with Crippen molar-refractivity contribution in [3.8, 4) is 6.07 Å². The van der Waals surface area contributed by atoms with Crippen molar-refractivity contribution in [3.05, 3.63) is 57.9 Å². The summed E-state index contributed by atoms with van der Waals surface area (Å²) in [6.07, 6.45) is 3.19. The second kappa shape index (κ2) is 4.91. The van der Waals surface area contributed by atoms with E-state index >= 15 is 0 Å². The van der Waals surface area contributed by atoms with E-state index in [-0.39, 0.29) is 0 Å². The van der Waals surface area contributed by atoms with E-state index in [0.29, 0.717) is 0 Å². The molecule has 0 spiro atoms. The standard InChI is InChI=1S/C16H14N2S/c1-2-14-4-5-15(19-14)11-18-8-7-13-9-12(10-17)3-6-16(13)18/h3-9H,2,11H2,1H3. The number of nitrogens with zero attached hydrogens (tertiary/aromatic N) is 2. The monoisotopic (exact) mass is 266 g/mol. The van der Waals surface area contributed by atoms with Gasteiger partial charge in [-0.2, -0.15) is 5.26 Å².